The predicted octanol–water partition coefficient (Wildman–Crippen LogP) is 0.535. The van der Waals surface area contributed by atoms with E-state index in [4.69, 9.17) is 4.74 Å². The van der Waals surface area contributed by atoms with Gasteiger partial charge in [0.2, 0.25) is 5.91 Å². The van der Waals surface area contributed by atoms with E-state index < -0.39 is 0 Å². The lowest BCUT2D eigenvalue weighted by Crippen LogP contribution is -2.41. The van der Waals surface area contributed by atoms with Gasteiger partial charge in [-0.2, -0.15) is 5.10 Å². The number of hydrogen-bond acceptors (Lipinski definition) is 4. The van der Waals surface area contributed by atoms with Crippen LogP contribution >= 0.6 is 0 Å². The van der Waals surface area contributed by atoms with Crippen LogP contribution in [0.2, 0.25) is 0 Å². The number of carbonyl (C=O) groups excluding carboxylic acids is 2. The summed E-state index contributed by atoms with van der Waals surface area (Å²) in [5, 5.41) is 4.42. The molecule has 0 spiro atoms. The molecule has 0 bridgehead atoms. The van der Waals surface area contributed by atoms with Crippen molar-refractivity contribution in [3.8, 4) is 0 Å². The summed E-state index contributed by atoms with van der Waals surface area (Å²) in [6.07, 6.45) is 3.00. The molecular formula is C16H22N4O3. The summed E-state index contributed by atoms with van der Waals surface area (Å²) in [6.45, 7) is 3.45. The lowest BCUT2D eigenvalue weighted by atomic mass is 10.2. The fraction of sp³-hybridized carbons (Fsp3) is 0.688. The van der Waals surface area contributed by atoms with Crippen LogP contribution < -0.4 is 0 Å². The first-order valence-electron chi connectivity index (χ1n) is 8.33. The maximum absolute atomic E-state index is 12.7. The molecule has 7 nitrogen and oxygen atoms in total. The molecule has 124 valence electrons. The molecule has 1 aliphatic carbocycles. The Morgan fingerprint density at radius 1 is 1.17 bits per heavy atom. The van der Waals surface area contributed by atoms with Crippen molar-refractivity contribution >= 4 is 11.8 Å². The normalized spacial score (nSPS) is 20.7. The number of amides is 2. The molecule has 2 fully saturated rings. The van der Waals surface area contributed by atoms with Crippen molar-refractivity contribution in [2.45, 2.75) is 32.4 Å². The third-order valence-electron chi connectivity index (χ3n) is 4.98. The zero-order chi connectivity index (χ0) is 16.0. The molecule has 0 N–H and O–H groups in total. The van der Waals surface area contributed by atoms with E-state index in [1.807, 2.05) is 11.9 Å². The average Bonchev–Trinajstić information content (AvgIpc) is 3.17. The summed E-state index contributed by atoms with van der Waals surface area (Å²) in [5.74, 6) is 0.744. The number of aromatic nitrogens is 2. The first kappa shape index (κ1) is 14.7. The fourth-order valence-electron chi connectivity index (χ4n) is 3.36. The minimum absolute atomic E-state index is 0.0401. The van der Waals surface area contributed by atoms with E-state index >= 15 is 0 Å². The number of fused-ring (bicyclic) bond motifs is 1. The maximum Gasteiger partial charge on any atom is 0.274 e. The zero-order valence-corrected chi connectivity index (χ0v) is 13.5. The second-order valence-corrected chi connectivity index (χ2v) is 6.70. The Hall–Kier alpha value is -1.89. The van der Waals surface area contributed by atoms with E-state index in [-0.39, 0.29) is 11.8 Å². The molecule has 3 heterocycles. The highest BCUT2D eigenvalue weighted by Crippen LogP contribution is 2.34. The quantitative estimate of drug-likeness (QED) is 0.815. The summed E-state index contributed by atoms with van der Waals surface area (Å²) < 4.78 is 7.06. The van der Waals surface area contributed by atoms with E-state index in [2.05, 4.69) is 5.10 Å². The van der Waals surface area contributed by atoms with E-state index in [0.29, 0.717) is 57.4 Å². The summed E-state index contributed by atoms with van der Waals surface area (Å²) in [6, 6.07) is 0. The summed E-state index contributed by atoms with van der Waals surface area (Å²) in [5.41, 5.74) is 2.42. The van der Waals surface area contributed by atoms with Gasteiger partial charge in [0.1, 0.15) is 0 Å². The number of nitrogens with zero attached hydrogens (tertiary/aromatic N) is 4. The van der Waals surface area contributed by atoms with E-state index in [1.165, 1.54) is 12.8 Å². The van der Waals surface area contributed by atoms with Crippen molar-refractivity contribution in [2.75, 3.05) is 26.3 Å². The molecule has 0 atom stereocenters. The molecule has 3 aliphatic rings. The minimum atomic E-state index is -0.0401. The summed E-state index contributed by atoms with van der Waals surface area (Å²) in [4.78, 5) is 28.7. The number of carbonyl (C=O) groups is 2. The Balaban J connectivity index is 1.52. The van der Waals surface area contributed by atoms with Gasteiger partial charge in [-0.05, 0) is 18.8 Å². The minimum Gasteiger partial charge on any atom is -0.378 e. The molecule has 2 amide bonds. The van der Waals surface area contributed by atoms with Gasteiger partial charge in [-0.3, -0.25) is 14.3 Å². The Morgan fingerprint density at radius 3 is 2.61 bits per heavy atom. The number of hydrogen-bond donors (Lipinski definition) is 0. The fourth-order valence-corrected chi connectivity index (χ4v) is 3.36. The molecule has 2 aliphatic heterocycles. The topological polar surface area (TPSA) is 67.7 Å². The second-order valence-electron chi connectivity index (χ2n) is 6.70. The summed E-state index contributed by atoms with van der Waals surface area (Å²) >= 11 is 0. The molecular weight excluding hydrogens is 296 g/mol. The van der Waals surface area contributed by atoms with Gasteiger partial charge in [-0.25, -0.2) is 0 Å². The van der Waals surface area contributed by atoms with Crippen LogP contribution in [-0.4, -0.2) is 57.7 Å². The molecule has 23 heavy (non-hydrogen) atoms. The first-order valence-corrected chi connectivity index (χ1v) is 8.33. The van der Waals surface area contributed by atoms with Crippen LogP contribution in [0.3, 0.4) is 0 Å². The molecule has 1 saturated carbocycles. The number of rotatable bonds is 3. The average molecular weight is 318 g/mol. The Bertz CT molecular complexity index is 644. The third kappa shape index (κ3) is 2.73. The monoisotopic (exact) mass is 318 g/mol. The number of aryl methyl sites for hydroxylation is 1. The third-order valence-corrected chi connectivity index (χ3v) is 4.98. The zero-order valence-electron chi connectivity index (χ0n) is 13.5. The highest BCUT2D eigenvalue weighted by Gasteiger charge is 2.35. The molecule has 7 heteroatoms. The maximum atomic E-state index is 12.7. The second kappa shape index (κ2) is 5.63. The van der Waals surface area contributed by atoms with Crippen LogP contribution in [0.25, 0.3) is 0 Å². The van der Waals surface area contributed by atoms with Crippen molar-refractivity contribution in [2.24, 2.45) is 13.0 Å². The van der Waals surface area contributed by atoms with Gasteiger partial charge in [0, 0.05) is 32.1 Å². The van der Waals surface area contributed by atoms with E-state index in [9.17, 15) is 9.59 Å². The van der Waals surface area contributed by atoms with Gasteiger partial charge in [-0.1, -0.05) is 0 Å². The molecule has 0 unspecified atom stereocenters. The highest BCUT2D eigenvalue weighted by atomic mass is 16.5. The van der Waals surface area contributed by atoms with Crippen LogP contribution in [0.15, 0.2) is 0 Å². The smallest absolute Gasteiger partial charge is 0.274 e. The van der Waals surface area contributed by atoms with Crippen LogP contribution in [0.1, 0.15) is 41.0 Å². The van der Waals surface area contributed by atoms with Gasteiger partial charge in [0.25, 0.3) is 5.91 Å². The van der Waals surface area contributed by atoms with E-state index in [0.717, 1.165) is 11.3 Å². The molecule has 1 aromatic rings. The van der Waals surface area contributed by atoms with Crippen molar-refractivity contribution < 1.29 is 14.3 Å². The van der Waals surface area contributed by atoms with Gasteiger partial charge in [0.05, 0.1) is 32.0 Å². The Morgan fingerprint density at radius 2 is 1.91 bits per heavy atom. The van der Waals surface area contributed by atoms with Crippen molar-refractivity contribution in [1.29, 1.82) is 0 Å². The Kier molecular flexibility index (Phi) is 3.60. The standard InChI is InChI=1S/C16H22N4O3/c1-18-13-10-20(14(21)8-11-2-3-11)9-12(13)15(17-18)16(22)19-4-6-23-7-5-19/h11H,2-10H2,1H3. The van der Waals surface area contributed by atoms with Crippen LogP contribution in [0.4, 0.5) is 0 Å². The van der Waals surface area contributed by atoms with Crippen molar-refractivity contribution in [1.82, 2.24) is 19.6 Å². The van der Waals surface area contributed by atoms with Gasteiger partial charge in [0.15, 0.2) is 5.69 Å². The first-order chi connectivity index (χ1) is 11.1. The van der Waals surface area contributed by atoms with E-state index in [1.54, 1.807) is 9.58 Å². The largest absolute Gasteiger partial charge is 0.378 e. The molecule has 1 aromatic heterocycles. The molecule has 1 saturated heterocycles. The van der Waals surface area contributed by atoms with Crippen LogP contribution in [-0.2, 0) is 29.7 Å². The van der Waals surface area contributed by atoms with Gasteiger partial charge in [-0.15, -0.1) is 0 Å². The molecule has 4 rings (SSSR count). The SMILES string of the molecule is Cn1nc(C(=O)N2CCOCC2)c2c1CN(C(=O)CC1CC1)C2. The van der Waals surface area contributed by atoms with Crippen LogP contribution in [0.5, 0.6) is 0 Å². The Labute approximate surface area is 135 Å². The van der Waals surface area contributed by atoms with Gasteiger partial charge < -0.3 is 14.5 Å². The van der Waals surface area contributed by atoms with Crippen molar-refractivity contribution in [3.63, 3.8) is 0 Å². The number of morpholine rings is 1. The molecule has 0 aromatic carbocycles. The van der Waals surface area contributed by atoms with Gasteiger partial charge >= 0.3 is 0 Å². The lowest BCUT2D eigenvalue weighted by molar-refractivity contribution is -0.132. The molecule has 0 radical (unpaired) electrons. The number of ether oxygens (including phenoxy) is 1. The highest BCUT2D eigenvalue weighted by molar-refractivity contribution is 5.94. The van der Waals surface area contributed by atoms with Crippen LogP contribution in [0, 0.1) is 5.92 Å². The van der Waals surface area contributed by atoms with Crippen molar-refractivity contribution in [3.05, 3.63) is 17.0 Å². The lowest BCUT2D eigenvalue weighted by Gasteiger charge is -2.26. The summed E-state index contributed by atoms with van der Waals surface area (Å²) in [7, 11) is 1.85. The predicted molar refractivity (Wildman–Crippen MR) is 81.5 cm³/mol.